The number of rotatable bonds is 4. The van der Waals surface area contributed by atoms with Crippen LogP contribution in [-0.4, -0.2) is 24.2 Å². The zero-order valence-electron chi connectivity index (χ0n) is 11.2. The van der Waals surface area contributed by atoms with Crippen LogP contribution >= 0.6 is 0 Å². The van der Waals surface area contributed by atoms with E-state index in [-0.39, 0.29) is 5.97 Å². The number of carbonyl (C=O) groups excluding carboxylic acids is 1. The van der Waals surface area contributed by atoms with Crippen molar-refractivity contribution in [3.05, 3.63) is 23.5 Å². The average Bonchev–Trinajstić information content (AvgIpc) is 2.67. The summed E-state index contributed by atoms with van der Waals surface area (Å²) in [4.78, 5) is 11.3. The van der Waals surface area contributed by atoms with Crippen LogP contribution < -0.4 is 5.32 Å². The molecule has 1 heterocycles. The van der Waals surface area contributed by atoms with E-state index in [0.717, 1.165) is 13.0 Å². The molecule has 4 heteroatoms. The summed E-state index contributed by atoms with van der Waals surface area (Å²) < 4.78 is 6.66. The van der Waals surface area contributed by atoms with Crippen LogP contribution in [0.2, 0.25) is 0 Å². The molecule has 1 aromatic heterocycles. The number of hydrogen-bond donors (Lipinski definition) is 1. The number of ether oxygens (including phenoxy) is 1. The average molecular weight is 250 g/mol. The van der Waals surface area contributed by atoms with E-state index < -0.39 is 0 Å². The number of methoxy groups -OCH3 is 1. The number of fused-ring (bicyclic) bond motifs is 1. The summed E-state index contributed by atoms with van der Waals surface area (Å²) in [5, 5.41) is 3.53. The highest BCUT2D eigenvalue weighted by Crippen LogP contribution is 2.29. The van der Waals surface area contributed by atoms with Gasteiger partial charge in [-0.3, -0.25) is 4.79 Å². The SMILES string of the molecule is CCNC1CCCCc2cn(CC(=O)OC)cc21. The fourth-order valence-corrected chi connectivity index (χ4v) is 2.68. The first-order chi connectivity index (χ1) is 8.74. The van der Waals surface area contributed by atoms with Crippen LogP contribution in [0.5, 0.6) is 0 Å². The maximum absolute atomic E-state index is 11.3. The fourth-order valence-electron chi connectivity index (χ4n) is 2.68. The van der Waals surface area contributed by atoms with Gasteiger partial charge in [0.15, 0.2) is 0 Å². The number of hydrogen-bond acceptors (Lipinski definition) is 3. The first-order valence-electron chi connectivity index (χ1n) is 6.73. The molecular formula is C14H22N2O2. The summed E-state index contributed by atoms with van der Waals surface area (Å²) in [6.07, 6.45) is 9.00. The Bertz CT molecular complexity index is 412. The van der Waals surface area contributed by atoms with Crippen molar-refractivity contribution in [3.63, 3.8) is 0 Å². The van der Waals surface area contributed by atoms with Gasteiger partial charge in [0.05, 0.1) is 7.11 Å². The Morgan fingerprint density at radius 3 is 3.06 bits per heavy atom. The molecule has 0 aromatic carbocycles. The third kappa shape index (κ3) is 2.93. The minimum Gasteiger partial charge on any atom is -0.468 e. The molecule has 0 bridgehead atoms. The lowest BCUT2D eigenvalue weighted by molar-refractivity contribution is -0.141. The number of aryl methyl sites for hydroxylation is 1. The Morgan fingerprint density at radius 2 is 2.33 bits per heavy atom. The monoisotopic (exact) mass is 250 g/mol. The van der Waals surface area contributed by atoms with Crippen LogP contribution in [0.1, 0.15) is 43.4 Å². The van der Waals surface area contributed by atoms with E-state index in [1.165, 1.54) is 37.5 Å². The van der Waals surface area contributed by atoms with Gasteiger partial charge in [-0.1, -0.05) is 13.3 Å². The lowest BCUT2D eigenvalue weighted by Crippen LogP contribution is -2.20. The standard InChI is InChI=1S/C14H22N2O2/c1-3-15-13-7-5-4-6-11-8-16(9-12(11)13)10-14(17)18-2/h8-9,13,15H,3-7,10H2,1-2H3. The van der Waals surface area contributed by atoms with Crippen LogP contribution in [0.4, 0.5) is 0 Å². The molecule has 0 spiro atoms. The molecule has 4 nitrogen and oxygen atoms in total. The molecule has 1 unspecified atom stereocenters. The van der Waals surface area contributed by atoms with E-state index >= 15 is 0 Å². The van der Waals surface area contributed by atoms with E-state index in [0.29, 0.717) is 12.6 Å². The fraction of sp³-hybridized carbons (Fsp3) is 0.643. The molecule has 1 N–H and O–H groups in total. The summed E-state index contributed by atoms with van der Waals surface area (Å²) >= 11 is 0. The van der Waals surface area contributed by atoms with E-state index in [1.807, 2.05) is 4.57 Å². The summed E-state index contributed by atoms with van der Waals surface area (Å²) in [6, 6.07) is 0.436. The van der Waals surface area contributed by atoms with E-state index in [1.54, 1.807) is 0 Å². The molecule has 0 amide bonds. The molecule has 0 aliphatic heterocycles. The lowest BCUT2D eigenvalue weighted by atomic mass is 10.0. The van der Waals surface area contributed by atoms with Crippen LogP contribution in [0, 0.1) is 0 Å². The number of carbonyl (C=O) groups is 1. The molecule has 0 fully saturated rings. The minimum atomic E-state index is -0.194. The van der Waals surface area contributed by atoms with Gasteiger partial charge >= 0.3 is 5.97 Å². The summed E-state index contributed by atoms with van der Waals surface area (Å²) in [5.74, 6) is -0.194. The van der Waals surface area contributed by atoms with E-state index in [4.69, 9.17) is 4.74 Å². The number of aromatic nitrogens is 1. The molecular weight excluding hydrogens is 228 g/mol. The van der Waals surface area contributed by atoms with E-state index in [2.05, 4.69) is 24.6 Å². The van der Waals surface area contributed by atoms with Crippen molar-refractivity contribution < 1.29 is 9.53 Å². The highest BCUT2D eigenvalue weighted by Gasteiger charge is 2.20. The van der Waals surface area contributed by atoms with Gasteiger partial charge in [0.1, 0.15) is 6.54 Å². The highest BCUT2D eigenvalue weighted by atomic mass is 16.5. The van der Waals surface area contributed by atoms with Crippen LogP contribution in [0.25, 0.3) is 0 Å². The summed E-state index contributed by atoms with van der Waals surface area (Å²) in [5.41, 5.74) is 2.74. The third-order valence-corrected chi connectivity index (χ3v) is 3.55. The number of esters is 1. The largest absolute Gasteiger partial charge is 0.468 e. The van der Waals surface area contributed by atoms with Gasteiger partial charge in [-0.25, -0.2) is 0 Å². The highest BCUT2D eigenvalue weighted by molar-refractivity contribution is 5.69. The van der Waals surface area contributed by atoms with Crippen LogP contribution in [-0.2, 0) is 22.5 Å². The summed E-state index contributed by atoms with van der Waals surface area (Å²) in [6.45, 7) is 3.42. The van der Waals surface area contributed by atoms with Crippen molar-refractivity contribution in [2.24, 2.45) is 0 Å². The Labute approximate surface area is 108 Å². The molecule has 0 saturated carbocycles. The van der Waals surface area contributed by atoms with Crippen molar-refractivity contribution in [2.75, 3.05) is 13.7 Å². The zero-order chi connectivity index (χ0) is 13.0. The predicted molar refractivity (Wildman–Crippen MR) is 70.4 cm³/mol. The van der Waals surface area contributed by atoms with Gasteiger partial charge < -0.3 is 14.6 Å². The van der Waals surface area contributed by atoms with Gasteiger partial charge in [0.2, 0.25) is 0 Å². The van der Waals surface area contributed by atoms with Crippen LogP contribution in [0.3, 0.4) is 0 Å². The van der Waals surface area contributed by atoms with Gasteiger partial charge in [-0.05, 0) is 36.9 Å². The first kappa shape index (κ1) is 13.1. The van der Waals surface area contributed by atoms with Crippen molar-refractivity contribution >= 4 is 5.97 Å². The minimum absolute atomic E-state index is 0.194. The molecule has 100 valence electrons. The molecule has 1 atom stereocenters. The maximum atomic E-state index is 11.3. The molecule has 1 aliphatic carbocycles. The predicted octanol–water partition coefficient (Wildman–Crippen LogP) is 2.04. The van der Waals surface area contributed by atoms with Crippen molar-refractivity contribution in [3.8, 4) is 0 Å². The lowest BCUT2D eigenvalue weighted by Gasteiger charge is -2.15. The third-order valence-electron chi connectivity index (χ3n) is 3.55. The second-order valence-electron chi connectivity index (χ2n) is 4.84. The Hall–Kier alpha value is -1.29. The summed E-state index contributed by atoms with van der Waals surface area (Å²) in [7, 11) is 1.43. The molecule has 2 rings (SSSR count). The van der Waals surface area contributed by atoms with Gasteiger partial charge in [0.25, 0.3) is 0 Å². The topological polar surface area (TPSA) is 43.3 Å². The van der Waals surface area contributed by atoms with Crippen molar-refractivity contribution in [2.45, 2.75) is 45.2 Å². The normalized spacial score (nSPS) is 19.1. The smallest absolute Gasteiger partial charge is 0.325 e. The Morgan fingerprint density at radius 1 is 1.50 bits per heavy atom. The van der Waals surface area contributed by atoms with Crippen molar-refractivity contribution in [1.82, 2.24) is 9.88 Å². The Kier molecular flexibility index (Phi) is 4.42. The van der Waals surface area contributed by atoms with E-state index in [9.17, 15) is 4.79 Å². The van der Waals surface area contributed by atoms with Crippen molar-refractivity contribution in [1.29, 1.82) is 0 Å². The van der Waals surface area contributed by atoms with Crippen LogP contribution in [0.15, 0.2) is 12.4 Å². The second kappa shape index (κ2) is 6.05. The van der Waals surface area contributed by atoms with Gasteiger partial charge in [-0.2, -0.15) is 0 Å². The molecule has 0 saturated heterocycles. The Balaban J connectivity index is 2.18. The number of nitrogens with zero attached hydrogens (tertiary/aromatic N) is 1. The number of nitrogens with one attached hydrogen (secondary N) is 1. The quantitative estimate of drug-likeness (QED) is 0.657. The molecule has 1 aliphatic rings. The van der Waals surface area contributed by atoms with Gasteiger partial charge in [-0.15, -0.1) is 0 Å². The molecule has 1 aromatic rings. The van der Waals surface area contributed by atoms with Gasteiger partial charge in [0, 0.05) is 18.4 Å². The second-order valence-corrected chi connectivity index (χ2v) is 4.84. The maximum Gasteiger partial charge on any atom is 0.325 e. The molecule has 18 heavy (non-hydrogen) atoms. The first-order valence-corrected chi connectivity index (χ1v) is 6.73. The zero-order valence-corrected chi connectivity index (χ0v) is 11.2. The molecule has 0 radical (unpaired) electrons.